The molecule has 9 nitrogen and oxygen atoms in total. The normalized spacial score (nSPS) is 21.8. The maximum Gasteiger partial charge on any atom is 0.244 e. The fourth-order valence-corrected chi connectivity index (χ4v) is 7.71. The minimum atomic E-state index is -3.94. The topological polar surface area (TPSA) is 113 Å². The highest BCUT2D eigenvalue weighted by atomic mass is 32.2. The van der Waals surface area contributed by atoms with Crippen LogP contribution in [0.15, 0.2) is 34.1 Å². The second kappa shape index (κ2) is 9.53. The molecule has 1 aromatic carbocycles. The molecular weight excluding hydrogens is 450 g/mol. The van der Waals surface area contributed by atoms with E-state index >= 15 is 0 Å². The van der Waals surface area contributed by atoms with E-state index in [0.29, 0.717) is 25.5 Å². The largest absolute Gasteiger partial charge is 0.379 e. The van der Waals surface area contributed by atoms with Crippen LogP contribution in [0.5, 0.6) is 0 Å². The first kappa shape index (κ1) is 23.5. The van der Waals surface area contributed by atoms with Gasteiger partial charge in [-0.3, -0.25) is 4.79 Å². The molecule has 2 saturated heterocycles. The van der Waals surface area contributed by atoms with Crippen molar-refractivity contribution in [3.8, 4) is 0 Å². The predicted octanol–water partition coefficient (Wildman–Crippen LogP) is 0.543. The van der Waals surface area contributed by atoms with Gasteiger partial charge in [0.05, 0.1) is 28.9 Å². The summed E-state index contributed by atoms with van der Waals surface area (Å²) in [6, 6.07) is 4.39. The molecule has 0 aromatic heterocycles. The second-order valence-electron chi connectivity index (χ2n) is 7.53. The molecule has 1 unspecified atom stereocenters. The Morgan fingerprint density at radius 3 is 2.23 bits per heavy atom. The second-order valence-corrected chi connectivity index (χ2v) is 12.4. The zero-order chi connectivity index (χ0) is 21.9. The molecule has 0 bridgehead atoms. The van der Waals surface area contributed by atoms with Crippen LogP contribution >= 0.6 is 11.8 Å². The minimum absolute atomic E-state index is 0.0328. The maximum atomic E-state index is 13.1. The molecule has 30 heavy (non-hydrogen) atoms. The van der Waals surface area contributed by atoms with E-state index < -0.39 is 26.1 Å². The van der Waals surface area contributed by atoms with E-state index in [1.165, 1.54) is 44.6 Å². The molecule has 0 aliphatic carbocycles. The van der Waals surface area contributed by atoms with Gasteiger partial charge in [-0.15, -0.1) is 11.8 Å². The number of ether oxygens (including phenoxy) is 1. The molecule has 0 spiro atoms. The van der Waals surface area contributed by atoms with Crippen molar-refractivity contribution in [3.63, 3.8) is 0 Å². The van der Waals surface area contributed by atoms with Gasteiger partial charge in [0.15, 0.2) is 0 Å². The number of nitrogens with zero attached hydrogens (tertiary/aromatic N) is 2. The molecule has 3 rings (SSSR count). The van der Waals surface area contributed by atoms with Gasteiger partial charge in [0.2, 0.25) is 26.0 Å². The van der Waals surface area contributed by atoms with Crippen molar-refractivity contribution in [2.24, 2.45) is 5.92 Å². The Bertz CT molecular complexity index is 957. The quantitative estimate of drug-likeness (QED) is 0.610. The molecule has 1 N–H and O–H groups in total. The molecule has 2 aliphatic heterocycles. The predicted molar refractivity (Wildman–Crippen MR) is 114 cm³/mol. The maximum absolute atomic E-state index is 13.1. The van der Waals surface area contributed by atoms with E-state index in [1.807, 2.05) is 13.8 Å². The summed E-state index contributed by atoms with van der Waals surface area (Å²) in [5.41, 5.74) is 0. The summed E-state index contributed by atoms with van der Waals surface area (Å²) in [4.78, 5) is 12.5. The van der Waals surface area contributed by atoms with Crippen LogP contribution in [0.25, 0.3) is 0 Å². The number of nitrogens with one attached hydrogen (secondary N) is 1. The van der Waals surface area contributed by atoms with E-state index in [4.69, 9.17) is 4.74 Å². The average Bonchev–Trinajstić information content (AvgIpc) is 3.23. The molecule has 1 atom stereocenters. The van der Waals surface area contributed by atoms with Gasteiger partial charge in [-0.25, -0.2) is 16.8 Å². The lowest BCUT2D eigenvalue weighted by Gasteiger charge is -2.26. The van der Waals surface area contributed by atoms with Crippen LogP contribution in [0.3, 0.4) is 0 Å². The average molecular weight is 478 g/mol. The van der Waals surface area contributed by atoms with Gasteiger partial charge in [0, 0.05) is 25.4 Å². The Morgan fingerprint density at radius 2 is 1.67 bits per heavy atom. The third-order valence-electron chi connectivity index (χ3n) is 4.87. The van der Waals surface area contributed by atoms with Gasteiger partial charge in [0.1, 0.15) is 6.04 Å². The van der Waals surface area contributed by atoms with Gasteiger partial charge in [-0.05, 0) is 30.2 Å². The first-order valence-electron chi connectivity index (χ1n) is 9.69. The van der Waals surface area contributed by atoms with Gasteiger partial charge in [-0.1, -0.05) is 13.8 Å². The van der Waals surface area contributed by atoms with E-state index in [9.17, 15) is 21.6 Å². The number of rotatable bonds is 7. The van der Waals surface area contributed by atoms with Crippen molar-refractivity contribution in [1.82, 2.24) is 13.9 Å². The SMILES string of the molecule is CC(C)CNC(=O)C1CSCN1S(=O)(=O)c1ccc(S(=O)(=O)N2CCOCC2)cc1. The molecule has 2 heterocycles. The van der Waals surface area contributed by atoms with Crippen LogP contribution in [0.4, 0.5) is 0 Å². The van der Waals surface area contributed by atoms with Crippen LogP contribution in [-0.4, -0.2) is 81.9 Å². The monoisotopic (exact) mass is 477 g/mol. The fourth-order valence-electron chi connectivity index (χ4n) is 3.15. The van der Waals surface area contributed by atoms with Crippen molar-refractivity contribution in [2.45, 2.75) is 29.7 Å². The van der Waals surface area contributed by atoms with E-state index in [1.54, 1.807) is 0 Å². The number of sulfonamides is 2. The van der Waals surface area contributed by atoms with Crippen LogP contribution in [0.2, 0.25) is 0 Å². The smallest absolute Gasteiger partial charge is 0.244 e. The van der Waals surface area contributed by atoms with Crippen LogP contribution in [-0.2, 0) is 29.6 Å². The Labute approximate surface area is 182 Å². The number of thioether (sulfide) groups is 1. The number of carbonyl (C=O) groups excluding carboxylic acids is 1. The minimum Gasteiger partial charge on any atom is -0.379 e. The summed E-state index contributed by atoms with van der Waals surface area (Å²) in [7, 11) is -7.64. The van der Waals surface area contributed by atoms with E-state index in [-0.39, 0.29) is 40.6 Å². The number of hydrogen-bond donors (Lipinski definition) is 1. The van der Waals surface area contributed by atoms with Crippen molar-refractivity contribution in [1.29, 1.82) is 0 Å². The van der Waals surface area contributed by atoms with E-state index in [2.05, 4.69) is 5.32 Å². The fraction of sp³-hybridized carbons (Fsp3) is 0.611. The molecule has 2 fully saturated rings. The van der Waals surface area contributed by atoms with Gasteiger partial charge >= 0.3 is 0 Å². The molecular formula is C18H27N3O6S3. The summed E-state index contributed by atoms with van der Waals surface area (Å²) < 4.78 is 59.4. The molecule has 0 radical (unpaired) electrons. The highest BCUT2D eigenvalue weighted by molar-refractivity contribution is 8.00. The first-order chi connectivity index (χ1) is 14.1. The van der Waals surface area contributed by atoms with Crippen LogP contribution in [0.1, 0.15) is 13.8 Å². The summed E-state index contributed by atoms with van der Waals surface area (Å²) in [6.07, 6.45) is 0. The summed E-state index contributed by atoms with van der Waals surface area (Å²) >= 11 is 1.37. The number of morpholine rings is 1. The molecule has 2 aliphatic rings. The zero-order valence-electron chi connectivity index (χ0n) is 17.0. The number of amides is 1. The third kappa shape index (κ3) is 5.00. The lowest BCUT2D eigenvalue weighted by molar-refractivity contribution is -0.123. The molecule has 1 aromatic rings. The van der Waals surface area contributed by atoms with Crippen molar-refractivity contribution >= 4 is 37.7 Å². The van der Waals surface area contributed by atoms with E-state index in [0.717, 1.165) is 0 Å². The Kier molecular flexibility index (Phi) is 7.46. The Balaban J connectivity index is 1.78. The third-order valence-corrected chi connectivity index (χ3v) is 9.82. The Hall–Kier alpha value is -1.18. The van der Waals surface area contributed by atoms with Gasteiger partial charge in [-0.2, -0.15) is 8.61 Å². The lowest BCUT2D eigenvalue weighted by atomic mass is 10.2. The molecule has 12 heteroatoms. The van der Waals surface area contributed by atoms with Crippen LogP contribution < -0.4 is 5.32 Å². The first-order valence-corrected chi connectivity index (χ1v) is 13.7. The number of benzene rings is 1. The van der Waals surface area contributed by atoms with Gasteiger partial charge < -0.3 is 10.1 Å². The highest BCUT2D eigenvalue weighted by Gasteiger charge is 2.40. The molecule has 1 amide bonds. The van der Waals surface area contributed by atoms with Gasteiger partial charge in [0.25, 0.3) is 0 Å². The van der Waals surface area contributed by atoms with Crippen LogP contribution in [0, 0.1) is 5.92 Å². The molecule has 0 saturated carbocycles. The highest BCUT2D eigenvalue weighted by Crippen LogP contribution is 2.29. The van der Waals surface area contributed by atoms with Crippen molar-refractivity contribution in [3.05, 3.63) is 24.3 Å². The van der Waals surface area contributed by atoms with Crippen molar-refractivity contribution in [2.75, 3.05) is 44.5 Å². The summed E-state index contributed by atoms with van der Waals surface area (Å²) in [6.45, 7) is 5.59. The summed E-state index contributed by atoms with van der Waals surface area (Å²) in [5.74, 6) is 0.501. The van der Waals surface area contributed by atoms with Crippen molar-refractivity contribution < 1.29 is 26.4 Å². The Morgan fingerprint density at radius 1 is 1.10 bits per heavy atom. The number of carbonyl (C=O) groups is 1. The lowest BCUT2D eigenvalue weighted by Crippen LogP contribution is -2.47. The molecule has 168 valence electrons. The zero-order valence-corrected chi connectivity index (χ0v) is 19.4. The summed E-state index contributed by atoms with van der Waals surface area (Å²) in [5, 5.41) is 2.79. The standard InChI is InChI=1S/C18H27N3O6S3/c1-14(2)11-19-18(22)17-12-28-13-21(17)30(25,26)16-5-3-15(4-6-16)29(23,24)20-7-9-27-10-8-20/h3-6,14,17H,7-13H2,1-2H3,(H,19,22). The number of hydrogen-bond acceptors (Lipinski definition) is 7.